The first kappa shape index (κ1) is 22.2. The van der Waals surface area contributed by atoms with Gasteiger partial charge in [-0.25, -0.2) is 8.78 Å². The van der Waals surface area contributed by atoms with Crippen LogP contribution in [-0.2, 0) is 14.4 Å². The monoisotopic (exact) mass is 431 g/mol. The fraction of sp³-hybridized carbons (Fsp3) is 0.318. The van der Waals surface area contributed by atoms with E-state index in [0.29, 0.717) is 17.5 Å². The third kappa shape index (κ3) is 5.17. The van der Waals surface area contributed by atoms with E-state index in [9.17, 15) is 23.2 Å². The van der Waals surface area contributed by atoms with Crippen LogP contribution in [0.1, 0.15) is 13.3 Å². The van der Waals surface area contributed by atoms with E-state index in [1.54, 1.807) is 31.2 Å². The summed E-state index contributed by atoms with van der Waals surface area (Å²) in [6, 6.07) is 9.60. The second kappa shape index (κ2) is 9.55. The third-order valence-electron chi connectivity index (χ3n) is 5.04. The van der Waals surface area contributed by atoms with E-state index in [-0.39, 0.29) is 31.7 Å². The summed E-state index contributed by atoms with van der Waals surface area (Å²) in [5.41, 5.74) is 0.584. The molecule has 1 fully saturated rings. The lowest BCUT2D eigenvalue weighted by Crippen LogP contribution is -2.43. The van der Waals surface area contributed by atoms with Gasteiger partial charge in [-0.05, 0) is 37.6 Å². The van der Waals surface area contributed by atoms with Crippen molar-refractivity contribution >= 4 is 29.1 Å². The molecule has 1 unspecified atom stereocenters. The first-order valence-corrected chi connectivity index (χ1v) is 9.82. The quantitative estimate of drug-likeness (QED) is 0.684. The van der Waals surface area contributed by atoms with E-state index >= 15 is 0 Å². The fourth-order valence-electron chi connectivity index (χ4n) is 3.50. The van der Waals surface area contributed by atoms with Gasteiger partial charge in [0.15, 0.2) is 0 Å². The van der Waals surface area contributed by atoms with Crippen LogP contribution < -0.4 is 15.0 Å². The Kier molecular flexibility index (Phi) is 6.84. The Morgan fingerprint density at radius 1 is 1.19 bits per heavy atom. The number of methoxy groups -OCH3 is 1. The average Bonchev–Trinajstić information content (AvgIpc) is 3.12. The summed E-state index contributed by atoms with van der Waals surface area (Å²) in [5, 5.41) is 2.69. The van der Waals surface area contributed by atoms with Crippen molar-refractivity contribution < 1.29 is 27.9 Å². The van der Waals surface area contributed by atoms with Crippen molar-refractivity contribution in [3.63, 3.8) is 0 Å². The van der Waals surface area contributed by atoms with Gasteiger partial charge in [-0.15, -0.1) is 0 Å². The molecular weight excluding hydrogens is 408 g/mol. The van der Waals surface area contributed by atoms with Gasteiger partial charge < -0.3 is 19.9 Å². The number of anilines is 2. The highest BCUT2D eigenvalue weighted by Gasteiger charge is 2.40. The predicted molar refractivity (Wildman–Crippen MR) is 111 cm³/mol. The lowest BCUT2D eigenvalue weighted by Gasteiger charge is -2.23. The molecule has 1 aliphatic rings. The molecule has 9 heteroatoms. The Hall–Kier alpha value is -3.49. The van der Waals surface area contributed by atoms with Gasteiger partial charge in [0.2, 0.25) is 17.7 Å². The summed E-state index contributed by atoms with van der Waals surface area (Å²) in [6.07, 6.45) is 0.198. The number of carbonyl (C=O) groups excluding carboxylic acids is 3. The van der Waals surface area contributed by atoms with E-state index in [1.165, 1.54) is 16.9 Å². The first-order chi connectivity index (χ1) is 14.8. The molecule has 1 N–H and O–H groups in total. The van der Waals surface area contributed by atoms with Crippen molar-refractivity contribution in [3.05, 3.63) is 54.1 Å². The van der Waals surface area contributed by atoms with Crippen molar-refractivity contribution in [2.24, 2.45) is 5.92 Å². The van der Waals surface area contributed by atoms with Gasteiger partial charge in [-0.3, -0.25) is 14.4 Å². The van der Waals surface area contributed by atoms with Gasteiger partial charge in [0.25, 0.3) is 0 Å². The predicted octanol–water partition coefficient (Wildman–Crippen LogP) is 2.81. The van der Waals surface area contributed by atoms with Gasteiger partial charge in [0, 0.05) is 36.6 Å². The summed E-state index contributed by atoms with van der Waals surface area (Å²) < 4.78 is 32.1. The minimum absolute atomic E-state index is 0.0663. The van der Waals surface area contributed by atoms with Crippen LogP contribution in [0.5, 0.6) is 5.75 Å². The highest BCUT2D eigenvalue weighted by atomic mass is 19.1. The smallest absolute Gasteiger partial charge is 0.243 e. The zero-order valence-electron chi connectivity index (χ0n) is 17.2. The summed E-state index contributed by atoms with van der Waals surface area (Å²) in [4.78, 5) is 40.6. The molecule has 0 aromatic heterocycles. The van der Waals surface area contributed by atoms with Crippen LogP contribution in [0.2, 0.25) is 0 Å². The molecular formula is C22H23F2N3O4. The number of benzene rings is 2. The second-order valence-electron chi connectivity index (χ2n) is 7.09. The molecule has 1 aliphatic heterocycles. The molecule has 0 radical (unpaired) electrons. The molecule has 0 saturated carbocycles. The molecule has 31 heavy (non-hydrogen) atoms. The van der Waals surface area contributed by atoms with Crippen molar-refractivity contribution in [1.82, 2.24) is 4.90 Å². The number of nitrogens with zero attached hydrogens (tertiary/aromatic N) is 2. The van der Waals surface area contributed by atoms with Gasteiger partial charge in [-0.2, -0.15) is 0 Å². The Morgan fingerprint density at radius 3 is 2.55 bits per heavy atom. The van der Waals surface area contributed by atoms with Gasteiger partial charge in [0.1, 0.15) is 23.3 Å². The second-order valence-corrected chi connectivity index (χ2v) is 7.09. The van der Waals surface area contributed by atoms with Crippen LogP contribution in [0.15, 0.2) is 42.5 Å². The Morgan fingerprint density at radius 2 is 1.90 bits per heavy atom. The number of hydrogen-bond acceptors (Lipinski definition) is 4. The molecule has 2 aromatic rings. The molecule has 1 saturated heterocycles. The van der Waals surface area contributed by atoms with Crippen LogP contribution in [0, 0.1) is 17.6 Å². The van der Waals surface area contributed by atoms with Crippen LogP contribution in [0.3, 0.4) is 0 Å². The summed E-state index contributed by atoms with van der Waals surface area (Å²) in [5.74, 6) is -3.49. The third-order valence-corrected chi connectivity index (χ3v) is 5.04. The van der Waals surface area contributed by atoms with Crippen LogP contribution in [-0.4, -0.2) is 49.4 Å². The van der Waals surface area contributed by atoms with Gasteiger partial charge >= 0.3 is 0 Å². The zero-order valence-corrected chi connectivity index (χ0v) is 17.2. The molecule has 1 atom stereocenters. The number of nitrogens with one attached hydrogen (secondary N) is 1. The zero-order chi connectivity index (χ0) is 22.5. The van der Waals surface area contributed by atoms with E-state index in [2.05, 4.69) is 5.32 Å². The molecule has 7 nitrogen and oxygen atoms in total. The van der Waals surface area contributed by atoms with E-state index in [4.69, 9.17) is 4.74 Å². The standard InChI is InChI=1S/C22H23F2N3O4/c1-3-26(13-20(28)25-16-5-4-6-18(12-16)31-2)21(29)19-7-8-27(22(19)30)17-10-14(23)9-15(24)11-17/h4-6,9-12,19H,3,7-8,13H2,1-2H3,(H,25,28). The van der Waals surface area contributed by atoms with Crippen LogP contribution >= 0.6 is 0 Å². The van der Waals surface area contributed by atoms with E-state index in [1.807, 2.05) is 0 Å². The molecule has 2 aromatic carbocycles. The van der Waals surface area contributed by atoms with Crippen molar-refractivity contribution in [2.45, 2.75) is 13.3 Å². The molecule has 0 aliphatic carbocycles. The number of halogens is 2. The Bertz CT molecular complexity index is 978. The normalized spacial score (nSPS) is 15.7. The van der Waals surface area contributed by atoms with Crippen molar-refractivity contribution in [2.75, 3.05) is 37.0 Å². The molecule has 3 amide bonds. The van der Waals surface area contributed by atoms with Crippen molar-refractivity contribution in [1.29, 1.82) is 0 Å². The largest absolute Gasteiger partial charge is 0.497 e. The lowest BCUT2D eigenvalue weighted by atomic mass is 10.1. The number of hydrogen-bond donors (Lipinski definition) is 1. The SMILES string of the molecule is CCN(CC(=O)Nc1cccc(OC)c1)C(=O)C1CCN(c2cc(F)cc(F)c2)C1=O. The van der Waals surface area contributed by atoms with Crippen LogP contribution in [0.4, 0.5) is 20.2 Å². The number of rotatable bonds is 7. The number of amides is 3. The molecule has 0 bridgehead atoms. The maximum Gasteiger partial charge on any atom is 0.243 e. The lowest BCUT2D eigenvalue weighted by molar-refractivity contribution is -0.141. The van der Waals surface area contributed by atoms with Gasteiger partial charge in [0.05, 0.1) is 13.7 Å². The fourth-order valence-corrected chi connectivity index (χ4v) is 3.50. The summed E-state index contributed by atoms with van der Waals surface area (Å²) >= 11 is 0. The Balaban J connectivity index is 1.66. The minimum Gasteiger partial charge on any atom is -0.497 e. The maximum absolute atomic E-state index is 13.5. The molecule has 164 valence electrons. The molecule has 1 heterocycles. The Labute approximate surface area is 178 Å². The highest BCUT2D eigenvalue weighted by molar-refractivity contribution is 6.10. The number of carbonyl (C=O) groups is 3. The number of ether oxygens (including phenoxy) is 1. The minimum atomic E-state index is -1.00. The topological polar surface area (TPSA) is 79.0 Å². The molecule has 0 spiro atoms. The summed E-state index contributed by atoms with van der Waals surface area (Å²) in [6.45, 7) is 1.86. The first-order valence-electron chi connectivity index (χ1n) is 9.82. The molecule has 3 rings (SSSR count). The average molecular weight is 431 g/mol. The summed E-state index contributed by atoms with van der Waals surface area (Å²) in [7, 11) is 1.51. The highest BCUT2D eigenvalue weighted by Crippen LogP contribution is 2.28. The van der Waals surface area contributed by atoms with Crippen molar-refractivity contribution in [3.8, 4) is 5.75 Å². The van der Waals surface area contributed by atoms with Gasteiger partial charge in [-0.1, -0.05) is 6.07 Å². The van der Waals surface area contributed by atoms with E-state index < -0.39 is 35.3 Å². The van der Waals surface area contributed by atoms with Crippen LogP contribution in [0.25, 0.3) is 0 Å². The van der Waals surface area contributed by atoms with E-state index in [0.717, 1.165) is 12.1 Å². The number of likely N-dealkylation sites (N-methyl/N-ethyl adjacent to an activating group) is 1. The maximum atomic E-state index is 13.5.